The summed E-state index contributed by atoms with van der Waals surface area (Å²) in [6.07, 6.45) is -0.192. The van der Waals surface area contributed by atoms with E-state index >= 15 is 0 Å². The second-order valence-electron chi connectivity index (χ2n) is 4.36. The maximum Gasteiger partial charge on any atom is 0.233 e. The summed E-state index contributed by atoms with van der Waals surface area (Å²) in [5.74, 6) is 0.540. The van der Waals surface area contributed by atoms with Gasteiger partial charge in [-0.25, -0.2) is 0 Å². The van der Waals surface area contributed by atoms with Crippen LogP contribution in [-0.2, 0) is 9.59 Å². The topological polar surface area (TPSA) is 67.9 Å². The number of carbonyl (C=O) groups is 2. The summed E-state index contributed by atoms with van der Waals surface area (Å²) in [5, 5.41) is 2.68. The minimum Gasteiger partial charge on any atom is -0.497 e. The molecule has 0 radical (unpaired) electrons. The van der Waals surface area contributed by atoms with Crippen LogP contribution in [0.1, 0.15) is 20.3 Å². The van der Waals surface area contributed by atoms with Crippen molar-refractivity contribution < 1.29 is 19.1 Å². The van der Waals surface area contributed by atoms with Crippen molar-refractivity contribution in [3.63, 3.8) is 0 Å². The van der Waals surface area contributed by atoms with E-state index in [1.807, 2.05) is 13.8 Å². The third-order valence-corrected chi connectivity index (χ3v) is 3.11. The van der Waals surface area contributed by atoms with Crippen molar-refractivity contribution in [2.75, 3.05) is 32.6 Å². The van der Waals surface area contributed by atoms with Crippen LogP contribution in [0.5, 0.6) is 11.5 Å². The zero-order valence-corrected chi connectivity index (χ0v) is 12.9. The number of hydrogen-bond acceptors (Lipinski definition) is 4. The number of nitrogens with one attached hydrogen (secondary N) is 1. The lowest BCUT2D eigenvalue weighted by Gasteiger charge is -2.18. The average Bonchev–Trinajstić information content (AvgIpc) is 2.48. The van der Waals surface area contributed by atoms with Gasteiger partial charge in [-0.05, 0) is 26.0 Å². The van der Waals surface area contributed by atoms with Gasteiger partial charge >= 0.3 is 0 Å². The Morgan fingerprint density at radius 3 is 2.33 bits per heavy atom. The summed E-state index contributed by atoms with van der Waals surface area (Å²) >= 11 is 0. The molecule has 0 unspecified atom stereocenters. The van der Waals surface area contributed by atoms with Gasteiger partial charge in [-0.1, -0.05) is 0 Å². The monoisotopic (exact) mass is 294 g/mol. The molecule has 6 nitrogen and oxygen atoms in total. The van der Waals surface area contributed by atoms with Crippen LogP contribution in [0.2, 0.25) is 0 Å². The van der Waals surface area contributed by atoms with Crippen LogP contribution < -0.4 is 14.8 Å². The molecule has 6 heteroatoms. The first-order valence-electron chi connectivity index (χ1n) is 6.85. The van der Waals surface area contributed by atoms with Crippen molar-refractivity contribution in [3.05, 3.63) is 18.2 Å². The number of rotatable bonds is 7. The van der Waals surface area contributed by atoms with Gasteiger partial charge in [0.05, 0.1) is 19.9 Å². The van der Waals surface area contributed by atoms with Crippen LogP contribution >= 0.6 is 0 Å². The van der Waals surface area contributed by atoms with Gasteiger partial charge < -0.3 is 19.7 Å². The number of methoxy groups -OCH3 is 2. The lowest BCUT2D eigenvalue weighted by atomic mass is 10.2. The smallest absolute Gasteiger partial charge is 0.233 e. The molecule has 0 fully saturated rings. The minimum atomic E-state index is -0.376. The van der Waals surface area contributed by atoms with Crippen LogP contribution in [0.3, 0.4) is 0 Å². The maximum atomic E-state index is 12.0. The normalized spacial score (nSPS) is 9.90. The highest BCUT2D eigenvalue weighted by Crippen LogP contribution is 2.28. The van der Waals surface area contributed by atoms with Crippen LogP contribution in [-0.4, -0.2) is 44.0 Å². The third-order valence-electron chi connectivity index (χ3n) is 3.11. The number of anilines is 1. The Bertz CT molecular complexity index is 498. The fourth-order valence-electron chi connectivity index (χ4n) is 1.93. The Balaban J connectivity index is 2.76. The van der Waals surface area contributed by atoms with E-state index in [0.29, 0.717) is 30.3 Å². The van der Waals surface area contributed by atoms with Gasteiger partial charge in [0.25, 0.3) is 0 Å². The molecule has 0 saturated heterocycles. The molecular weight excluding hydrogens is 272 g/mol. The Morgan fingerprint density at radius 2 is 1.81 bits per heavy atom. The average molecular weight is 294 g/mol. The Hall–Kier alpha value is -2.24. The van der Waals surface area contributed by atoms with Crippen molar-refractivity contribution >= 4 is 17.5 Å². The standard InChI is InChI=1S/C15H22N2O4/c1-5-17(6-2)15(19)10-14(18)16-12-9-11(20-3)7-8-13(12)21-4/h7-9H,5-6,10H2,1-4H3,(H,16,18). The van der Waals surface area contributed by atoms with Crippen molar-refractivity contribution in [2.45, 2.75) is 20.3 Å². The molecule has 0 spiro atoms. The lowest BCUT2D eigenvalue weighted by Crippen LogP contribution is -2.33. The van der Waals surface area contributed by atoms with Crippen LogP contribution in [0.4, 0.5) is 5.69 Å². The minimum absolute atomic E-state index is 0.192. The van der Waals surface area contributed by atoms with E-state index in [-0.39, 0.29) is 18.2 Å². The molecule has 0 saturated carbocycles. The van der Waals surface area contributed by atoms with Crippen LogP contribution in [0.25, 0.3) is 0 Å². The highest BCUT2D eigenvalue weighted by molar-refractivity contribution is 6.04. The molecule has 0 atom stereocenters. The predicted molar refractivity (Wildman–Crippen MR) is 80.7 cm³/mol. The fraction of sp³-hybridized carbons (Fsp3) is 0.467. The van der Waals surface area contributed by atoms with E-state index in [4.69, 9.17) is 9.47 Å². The molecule has 1 N–H and O–H groups in total. The summed E-state index contributed by atoms with van der Waals surface area (Å²) in [4.78, 5) is 25.5. The van der Waals surface area contributed by atoms with E-state index in [1.54, 1.807) is 23.1 Å². The molecule has 1 rings (SSSR count). The van der Waals surface area contributed by atoms with E-state index < -0.39 is 0 Å². The molecule has 0 heterocycles. The molecular formula is C15H22N2O4. The zero-order valence-electron chi connectivity index (χ0n) is 12.9. The van der Waals surface area contributed by atoms with Gasteiger partial charge in [0, 0.05) is 19.2 Å². The summed E-state index contributed by atoms with van der Waals surface area (Å²) in [6.45, 7) is 4.94. The van der Waals surface area contributed by atoms with Gasteiger partial charge in [0.1, 0.15) is 17.9 Å². The maximum absolute atomic E-state index is 12.0. The van der Waals surface area contributed by atoms with Gasteiger partial charge in [0.15, 0.2) is 0 Å². The van der Waals surface area contributed by atoms with Crippen molar-refractivity contribution in [1.29, 1.82) is 0 Å². The van der Waals surface area contributed by atoms with Gasteiger partial charge in [-0.2, -0.15) is 0 Å². The van der Waals surface area contributed by atoms with E-state index in [1.165, 1.54) is 14.2 Å². The first kappa shape index (κ1) is 16.8. The third kappa shape index (κ3) is 4.66. The highest BCUT2D eigenvalue weighted by atomic mass is 16.5. The number of nitrogens with zero attached hydrogens (tertiary/aromatic N) is 1. The summed E-state index contributed by atoms with van der Waals surface area (Å²) in [6, 6.07) is 5.08. The molecule has 1 aromatic rings. The summed E-state index contributed by atoms with van der Waals surface area (Å²) < 4.78 is 10.3. The number of amides is 2. The molecule has 0 aliphatic heterocycles. The number of hydrogen-bond donors (Lipinski definition) is 1. The zero-order chi connectivity index (χ0) is 15.8. The summed E-state index contributed by atoms with van der Waals surface area (Å²) in [5.41, 5.74) is 0.481. The lowest BCUT2D eigenvalue weighted by molar-refractivity contribution is -0.134. The molecule has 116 valence electrons. The fourth-order valence-corrected chi connectivity index (χ4v) is 1.93. The second kappa shape index (κ2) is 8.14. The number of carbonyl (C=O) groups excluding carboxylic acids is 2. The van der Waals surface area contributed by atoms with Gasteiger partial charge in [-0.15, -0.1) is 0 Å². The number of benzene rings is 1. The highest BCUT2D eigenvalue weighted by Gasteiger charge is 2.16. The molecule has 0 bridgehead atoms. The molecule has 0 aliphatic rings. The first-order chi connectivity index (χ1) is 10.0. The molecule has 0 aromatic heterocycles. The SMILES string of the molecule is CCN(CC)C(=O)CC(=O)Nc1cc(OC)ccc1OC. The first-order valence-corrected chi connectivity index (χ1v) is 6.85. The Kier molecular flexibility index (Phi) is 6.52. The molecule has 2 amide bonds. The van der Waals surface area contributed by atoms with Crippen molar-refractivity contribution in [1.82, 2.24) is 4.90 Å². The largest absolute Gasteiger partial charge is 0.497 e. The Labute approximate surface area is 125 Å². The van der Waals surface area contributed by atoms with E-state index in [9.17, 15) is 9.59 Å². The number of ether oxygens (including phenoxy) is 2. The molecule has 21 heavy (non-hydrogen) atoms. The quantitative estimate of drug-likeness (QED) is 0.780. The van der Waals surface area contributed by atoms with Crippen molar-refractivity contribution in [2.24, 2.45) is 0 Å². The molecule has 0 aliphatic carbocycles. The van der Waals surface area contributed by atoms with Crippen molar-refractivity contribution in [3.8, 4) is 11.5 Å². The second-order valence-corrected chi connectivity index (χ2v) is 4.36. The molecule has 1 aromatic carbocycles. The van der Waals surface area contributed by atoms with Crippen LogP contribution in [0, 0.1) is 0 Å². The predicted octanol–water partition coefficient (Wildman–Crippen LogP) is 1.90. The Morgan fingerprint density at radius 1 is 1.14 bits per heavy atom. The van der Waals surface area contributed by atoms with E-state index in [0.717, 1.165) is 0 Å². The van der Waals surface area contributed by atoms with Crippen LogP contribution in [0.15, 0.2) is 18.2 Å². The summed E-state index contributed by atoms with van der Waals surface area (Å²) in [7, 11) is 3.05. The van der Waals surface area contributed by atoms with E-state index in [2.05, 4.69) is 5.32 Å². The van der Waals surface area contributed by atoms with Gasteiger partial charge in [0.2, 0.25) is 11.8 Å². The van der Waals surface area contributed by atoms with Gasteiger partial charge in [-0.3, -0.25) is 9.59 Å².